The molecule has 96 valence electrons. The molecule has 0 aliphatic carbocycles. The molecule has 0 atom stereocenters. The van der Waals surface area contributed by atoms with Crippen LogP contribution >= 0.6 is 0 Å². The molecule has 0 spiro atoms. The smallest absolute Gasteiger partial charge is 0.150 e. The van der Waals surface area contributed by atoms with Crippen LogP contribution in [-0.4, -0.2) is 12.9 Å². The molecule has 1 aromatic rings. The third kappa shape index (κ3) is 3.33. The summed E-state index contributed by atoms with van der Waals surface area (Å²) in [5, 5.41) is 0. The van der Waals surface area contributed by atoms with Crippen LogP contribution in [0, 0.1) is 0 Å². The predicted molar refractivity (Wildman–Crippen MR) is 75.5 cm³/mol. The van der Waals surface area contributed by atoms with Gasteiger partial charge in [-0.25, -0.2) is 0 Å². The molecule has 0 unspecified atom stereocenters. The molecule has 18 heavy (non-hydrogen) atoms. The number of carbonyl (C=O) groups is 1. The quantitative estimate of drug-likeness (QED) is 0.537. The van der Waals surface area contributed by atoms with Crippen LogP contribution in [0.1, 0.15) is 41.3 Å². The highest BCUT2D eigenvalue weighted by Crippen LogP contribution is 2.32. The molecule has 2 heteroatoms. The summed E-state index contributed by atoms with van der Waals surface area (Å²) in [5.74, 6) is 1.16. The van der Waals surface area contributed by atoms with Crippen molar-refractivity contribution in [2.75, 3.05) is 6.61 Å². The summed E-state index contributed by atoms with van der Waals surface area (Å²) in [6.07, 6.45) is 5.09. The molecule has 0 radical (unpaired) electrons. The fourth-order valence-corrected chi connectivity index (χ4v) is 1.86. The minimum atomic E-state index is 0.299. The zero-order chi connectivity index (χ0) is 13.5. The van der Waals surface area contributed by atoms with Crippen molar-refractivity contribution in [2.45, 2.75) is 26.2 Å². The van der Waals surface area contributed by atoms with Crippen molar-refractivity contribution in [1.82, 2.24) is 0 Å². The van der Waals surface area contributed by atoms with E-state index in [0.29, 0.717) is 24.5 Å². The molecule has 0 aliphatic heterocycles. The van der Waals surface area contributed by atoms with Crippen LogP contribution in [0.2, 0.25) is 0 Å². The number of benzene rings is 1. The summed E-state index contributed by atoms with van der Waals surface area (Å²) in [6, 6.07) is 3.75. The maximum atomic E-state index is 11.0. The van der Waals surface area contributed by atoms with Gasteiger partial charge in [-0.3, -0.25) is 4.79 Å². The van der Waals surface area contributed by atoms with Gasteiger partial charge < -0.3 is 4.74 Å². The Bertz CT molecular complexity index is 445. The number of hydrogen-bond acceptors (Lipinski definition) is 2. The third-order valence-corrected chi connectivity index (χ3v) is 2.68. The number of hydrogen-bond donors (Lipinski definition) is 0. The van der Waals surface area contributed by atoms with Gasteiger partial charge in [-0.05, 0) is 35.6 Å². The molecule has 0 saturated heterocycles. The first-order valence-electron chi connectivity index (χ1n) is 6.10. The number of allylic oxidation sites excluding steroid dienone is 1. The van der Waals surface area contributed by atoms with Gasteiger partial charge in [-0.15, -0.1) is 6.58 Å². The lowest BCUT2D eigenvalue weighted by molar-refractivity contribution is 0.112. The molecule has 0 fully saturated rings. The Morgan fingerprint density at radius 2 is 2.00 bits per heavy atom. The molecule has 2 nitrogen and oxygen atoms in total. The summed E-state index contributed by atoms with van der Waals surface area (Å²) in [7, 11) is 0. The molecule has 0 N–H and O–H groups in total. The summed E-state index contributed by atoms with van der Waals surface area (Å²) in [5.41, 5.74) is 2.74. The van der Waals surface area contributed by atoms with Crippen molar-refractivity contribution in [2.24, 2.45) is 0 Å². The van der Waals surface area contributed by atoms with E-state index in [2.05, 4.69) is 27.0 Å². The van der Waals surface area contributed by atoms with Crippen LogP contribution in [0.3, 0.4) is 0 Å². The van der Waals surface area contributed by atoms with Crippen LogP contribution in [0.25, 0.3) is 0 Å². The molecular weight excluding hydrogens is 224 g/mol. The predicted octanol–water partition coefficient (Wildman–Crippen LogP) is 3.92. The Hall–Kier alpha value is -1.83. The standard InChI is InChI=1S/C16H20O2/c1-5-7-14-9-13(11-17)10-15(12(3)4)16(14)18-8-6-2/h5-6,9-12H,1-2,7-8H2,3-4H3. The number of carbonyl (C=O) groups excluding carboxylic acids is 1. The maximum Gasteiger partial charge on any atom is 0.150 e. The minimum Gasteiger partial charge on any atom is -0.489 e. The van der Waals surface area contributed by atoms with E-state index >= 15 is 0 Å². The van der Waals surface area contributed by atoms with Gasteiger partial charge in [0.25, 0.3) is 0 Å². The van der Waals surface area contributed by atoms with Crippen LogP contribution in [-0.2, 0) is 6.42 Å². The molecule has 0 heterocycles. The van der Waals surface area contributed by atoms with E-state index in [0.717, 1.165) is 23.2 Å². The van der Waals surface area contributed by atoms with E-state index in [4.69, 9.17) is 4.74 Å². The normalized spacial score (nSPS) is 10.2. The van der Waals surface area contributed by atoms with Gasteiger partial charge in [-0.2, -0.15) is 0 Å². The van der Waals surface area contributed by atoms with Gasteiger partial charge in [0.2, 0.25) is 0 Å². The Balaban J connectivity index is 3.33. The highest BCUT2D eigenvalue weighted by molar-refractivity contribution is 5.76. The first-order valence-corrected chi connectivity index (χ1v) is 6.10. The van der Waals surface area contributed by atoms with E-state index < -0.39 is 0 Å². The summed E-state index contributed by atoms with van der Waals surface area (Å²) in [4.78, 5) is 11.0. The summed E-state index contributed by atoms with van der Waals surface area (Å²) < 4.78 is 5.75. The van der Waals surface area contributed by atoms with Crippen molar-refractivity contribution in [3.63, 3.8) is 0 Å². The zero-order valence-corrected chi connectivity index (χ0v) is 11.1. The second-order valence-electron chi connectivity index (χ2n) is 4.46. The summed E-state index contributed by atoms with van der Waals surface area (Å²) >= 11 is 0. The monoisotopic (exact) mass is 244 g/mol. The summed E-state index contributed by atoms with van der Waals surface area (Å²) in [6.45, 7) is 12.0. The van der Waals surface area contributed by atoms with Gasteiger partial charge in [0.1, 0.15) is 18.6 Å². The average Bonchev–Trinajstić information content (AvgIpc) is 2.36. The van der Waals surface area contributed by atoms with Crippen molar-refractivity contribution in [1.29, 1.82) is 0 Å². The van der Waals surface area contributed by atoms with E-state index in [1.54, 1.807) is 6.08 Å². The first kappa shape index (κ1) is 14.2. The molecule has 0 bridgehead atoms. The van der Waals surface area contributed by atoms with Crippen molar-refractivity contribution in [3.8, 4) is 5.75 Å². The topological polar surface area (TPSA) is 26.3 Å². The van der Waals surface area contributed by atoms with Gasteiger partial charge >= 0.3 is 0 Å². The molecule has 1 aromatic carbocycles. The van der Waals surface area contributed by atoms with E-state index in [9.17, 15) is 4.79 Å². The van der Waals surface area contributed by atoms with Gasteiger partial charge in [0.15, 0.2) is 0 Å². The second-order valence-corrected chi connectivity index (χ2v) is 4.46. The molecule has 0 aliphatic rings. The Labute approximate surface area is 109 Å². The first-order chi connectivity index (χ1) is 8.63. The van der Waals surface area contributed by atoms with E-state index in [-0.39, 0.29) is 0 Å². The molecule has 0 amide bonds. The lowest BCUT2D eigenvalue weighted by Crippen LogP contribution is -2.04. The van der Waals surface area contributed by atoms with Gasteiger partial charge in [-0.1, -0.05) is 32.6 Å². The number of ether oxygens (including phenoxy) is 1. The minimum absolute atomic E-state index is 0.299. The van der Waals surface area contributed by atoms with Crippen LogP contribution in [0.4, 0.5) is 0 Å². The lowest BCUT2D eigenvalue weighted by Gasteiger charge is -2.17. The van der Waals surface area contributed by atoms with Crippen LogP contribution in [0.15, 0.2) is 37.4 Å². The maximum absolute atomic E-state index is 11.0. The highest BCUT2D eigenvalue weighted by atomic mass is 16.5. The van der Waals surface area contributed by atoms with Crippen LogP contribution in [0.5, 0.6) is 5.75 Å². The lowest BCUT2D eigenvalue weighted by atomic mass is 9.95. The number of aldehydes is 1. The Morgan fingerprint density at radius 3 is 2.50 bits per heavy atom. The fraction of sp³-hybridized carbons (Fsp3) is 0.312. The largest absolute Gasteiger partial charge is 0.489 e. The SMILES string of the molecule is C=CCOc1c(CC=C)cc(C=O)cc1C(C)C. The average molecular weight is 244 g/mol. The van der Waals surface area contributed by atoms with Gasteiger partial charge in [0.05, 0.1) is 0 Å². The fourth-order valence-electron chi connectivity index (χ4n) is 1.86. The van der Waals surface area contributed by atoms with E-state index in [1.165, 1.54) is 0 Å². The van der Waals surface area contributed by atoms with Crippen LogP contribution < -0.4 is 4.74 Å². The van der Waals surface area contributed by atoms with Gasteiger partial charge in [0, 0.05) is 5.56 Å². The molecular formula is C16H20O2. The van der Waals surface area contributed by atoms with Crippen molar-refractivity contribution < 1.29 is 9.53 Å². The Morgan fingerprint density at radius 1 is 1.28 bits per heavy atom. The van der Waals surface area contributed by atoms with E-state index in [1.807, 2.05) is 18.2 Å². The van der Waals surface area contributed by atoms with Crippen molar-refractivity contribution in [3.05, 3.63) is 54.1 Å². The molecule has 0 aromatic heterocycles. The highest BCUT2D eigenvalue weighted by Gasteiger charge is 2.14. The van der Waals surface area contributed by atoms with Crippen molar-refractivity contribution >= 4 is 6.29 Å². The second kappa shape index (κ2) is 6.80. The zero-order valence-electron chi connectivity index (χ0n) is 11.1. The Kier molecular flexibility index (Phi) is 5.37. The molecule has 0 saturated carbocycles. The third-order valence-electron chi connectivity index (χ3n) is 2.68. The molecule has 1 rings (SSSR count). The number of rotatable bonds is 7.